The quantitative estimate of drug-likeness (QED) is 0.202. The molecule has 9 heteroatoms. The van der Waals surface area contributed by atoms with Gasteiger partial charge in [0.15, 0.2) is 0 Å². The van der Waals surface area contributed by atoms with Gasteiger partial charge in [-0.3, -0.25) is 14.4 Å². The van der Waals surface area contributed by atoms with Gasteiger partial charge in [0, 0.05) is 19.4 Å². The van der Waals surface area contributed by atoms with Gasteiger partial charge < -0.3 is 30.0 Å². The number of nitrogens with two attached hydrogens (primary N) is 1. The van der Waals surface area contributed by atoms with E-state index in [4.69, 9.17) is 24.7 Å². The van der Waals surface area contributed by atoms with Crippen molar-refractivity contribution in [3.63, 3.8) is 0 Å². The highest BCUT2D eigenvalue weighted by molar-refractivity contribution is 6.39. The largest absolute Gasteiger partial charge is 0.379 e. The Hall–Kier alpha value is -1.39. The third-order valence-electron chi connectivity index (χ3n) is 4.21. The van der Waals surface area contributed by atoms with Gasteiger partial charge >= 0.3 is 0 Å². The van der Waals surface area contributed by atoms with Gasteiger partial charge in [-0.15, -0.1) is 0 Å². The van der Waals surface area contributed by atoms with E-state index < -0.39 is 17.6 Å². The Morgan fingerprint density at radius 2 is 1.30 bits per heavy atom. The fourth-order valence-corrected chi connectivity index (χ4v) is 2.23. The van der Waals surface area contributed by atoms with Crippen LogP contribution in [0.15, 0.2) is 0 Å². The fourth-order valence-electron chi connectivity index (χ4n) is 2.23. The van der Waals surface area contributed by atoms with E-state index in [0.717, 1.165) is 12.8 Å². The molecule has 1 atom stereocenters. The smallest absolute Gasteiger partial charge is 0.220 e. The number of nitrogens with one attached hydrogen (secondary N) is 1. The predicted octanol–water partition coefficient (Wildman–Crippen LogP) is 0.871. The normalized spacial score (nSPS) is 12.2. The van der Waals surface area contributed by atoms with Crippen LogP contribution < -0.4 is 11.1 Å². The van der Waals surface area contributed by atoms with Crippen LogP contribution in [0.25, 0.3) is 0 Å². The van der Waals surface area contributed by atoms with Crippen molar-refractivity contribution in [1.82, 2.24) is 5.32 Å². The van der Waals surface area contributed by atoms with Crippen LogP contribution in [0.5, 0.6) is 0 Å². The molecular formula is C21H40N2O7. The molecule has 0 saturated heterocycles. The van der Waals surface area contributed by atoms with Crippen molar-refractivity contribution < 1.29 is 33.3 Å². The van der Waals surface area contributed by atoms with Crippen LogP contribution in [-0.4, -0.2) is 82.9 Å². The second-order valence-electron chi connectivity index (χ2n) is 7.21. The van der Waals surface area contributed by atoms with Gasteiger partial charge in [-0.25, -0.2) is 0 Å². The van der Waals surface area contributed by atoms with Crippen LogP contribution in [0.2, 0.25) is 0 Å². The molecule has 0 radical (unpaired) electrons. The first-order chi connectivity index (χ1) is 14.4. The van der Waals surface area contributed by atoms with Gasteiger partial charge in [0.25, 0.3) is 0 Å². The van der Waals surface area contributed by atoms with E-state index >= 15 is 0 Å². The van der Waals surface area contributed by atoms with Gasteiger partial charge in [-0.05, 0) is 12.3 Å². The van der Waals surface area contributed by atoms with Crippen molar-refractivity contribution in [3.05, 3.63) is 0 Å². The number of unbranched alkanes of at least 4 members (excludes halogenated alkanes) is 1. The molecule has 0 unspecified atom stereocenters. The minimum atomic E-state index is -0.748. The van der Waals surface area contributed by atoms with E-state index in [1.807, 2.05) is 0 Å². The van der Waals surface area contributed by atoms with Crippen molar-refractivity contribution in [2.24, 2.45) is 11.7 Å². The highest BCUT2D eigenvalue weighted by Gasteiger charge is 2.23. The highest BCUT2D eigenvalue weighted by Crippen LogP contribution is 2.02. The molecule has 9 nitrogen and oxygen atoms in total. The number of Topliss-reactive ketones (excluding diaryl/α,β-unsaturated/α-hetero) is 2. The summed E-state index contributed by atoms with van der Waals surface area (Å²) in [5.74, 6) is -1.03. The summed E-state index contributed by atoms with van der Waals surface area (Å²) in [5, 5.41) is 2.80. The molecule has 30 heavy (non-hydrogen) atoms. The third-order valence-corrected chi connectivity index (χ3v) is 4.21. The fraction of sp³-hybridized carbons (Fsp3) is 0.857. The molecule has 0 bridgehead atoms. The SMILES string of the molecule is CCCCC(=O)NCCOCCOCCOCCOCCC(=O)C(=O)[C@@H](N)C(C)C. The minimum Gasteiger partial charge on any atom is -0.379 e. The van der Waals surface area contributed by atoms with Crippen molar-refractivity contribution in [2.45, 2.75) is 52.5 Å². The number of carbonyl (C=O) groups is 3. The number of rotatable bonds is 21. The van der Waals surface area contributed by atoms with Gasteiger partial charge in [0.05, 0.1) is 58.9 Å². The van der Waals surface area contributed by atoms with E-state index in [1.54, 1.807) is 13.8 Å². The lowest BCUT2D eigenvalue weighted by molar-refractivity contribution is -0.138. The first-order valence-corrected chi connectivity index (χ1v) is 10.8. The van der Waals surface area contributed by atoms with Crippen LogP contribution in [-0.2, 0) is 33.3 Å². The predicted molar refractivity (Wildman–Crippen MR) is 113 cm³/mol. The van der Waals surface area contributed by atoms with Crippen molar-refractivity contribution in [3.8, 4) is 0 Å². The Balaban J connectivity index is 3.33. The Morgan fingerprint density at radius 1 is 0.800 bits per heavy atom. The highest BCUT2D eigenvalue weighted by atomic mass is 16.6. The summed E-state index contributed by atoms with van der Waals surface area (Å²) in [6.45, 7) is 9.31. The van der Waals surface area contributed by atoms with E-state index in [9.17, 15) is 14.4 Å². The van der Waals surface area contributed by atoms with E-state index in [-0.39, 0.29) is 24.9 Å². The molecule has 0 aromatic heterocycles. The van der Waals surface area contributed by atoms with Gasteiger partial charge in [0.1, 0.15) is 0 Å². The maximum atomic E-state index is 11.7. The van der Waals surface area contributed by atoms with Gasteiger partial charge in [0.2, 0.25) is 17.5 Å². The van der Waals surface area contributed by atoms with Crippen LogP contribution >= 0.6 is 0 Å². The van der Waals surface area contributed by atoms with Crippen molar-refractivity contribution >= 4 is 17.5 Å². The summed E-state index contributed by atoms with van der Waals surface area (Å²) in [7, 11) is 0. The standard InChI is InChI=1S/C21H40N2O7/c1-4-5-6-19(25)23-8-10-28-12-14-30-16-15-29-13-11-27-9-7-18(24)21(26)20(22)17(2)3/h17,20H,4-16,22H2,1-3H3,(H,23,25)/t20-/m0/s1. The monoisotopic (exact) mass is 432 g/mol. The molecule has 0 fully saturated rings. The summed E-state index contributed by atoms with van der Waals surface area (Å²) in [6.07, 6.45) is 2.51. The maximum absolute atomic E-state index is 11.7. The Labute approximate surface area is 180 Å². The van der Waals surface area contributed by atoms with Gasteiger partial charge in [-0.2, -0.15) is 0 Å². The Kier molecular flexibility index (Phi) is 18.7. The molecule has 0 aliphatic heterocycles. The third kappa shape index (κ3) is 16.4. The number of hydrogen-bond donors (Lipinski definition) is 2. The first kappa shape index (κ1) is 28.6. The van der Waals surface area contributed by atoms with E-state index in [1.165, 1.54) is 0 Å². The molecule has 0 spiro atoms. The molecule has 1 amide bonds. The van der Waals surface area contributed by atoms with Crippen molar-refractivity contribution in [2.75, 3.05) is 59.4 Å². The van der Waals surface area contributed by atoms with Gasteiger partial charge in [-0.1, -0.05) is 27.2 Å². The van der Waals surface area contributed by atoms with Crippen molar-refractivity contribution in [1.29, 1.82) is 0 Å². The van der Waals surface area contributed by atoms with E-state index in [0.29, 0.717) is 59.2 Å². The summed E-state index contributed by atoms with van der Waals surface area (Å²) in [5.41, 5.74) is 5.67. The summed E-state index contributed by atoms with van der Waals surface area (Å²) < 4.78 is 21.4. The molecule has 0 aromatic carbocycles. The molecule has 176 valence electrons. The molecule has 0 rings (SSSR count). The number of amides is 1. The minimum absolute atomic E-state index is 0.0325. The average Bonchev–Trinajstić information content (AvgIpc) is 2.73. The second kappa shape index (κ2) is 19.6. The number of carbonyl (C=O) groups excluding carboxylic acids is 3. The molecular weight excluding hydrogens is 392 g/mol. The number of ether oxygens (including phenoxy) is 4. The number of hydrogen-bond acceptors (Lipinski definition) is 8. The average molecular weight is 433 g/mol. The number of ketones is 2. The molecule has 0 aromatic rings. The van der Waals surface area contributed by atoms with E-state index in [2.05, 4.69) is 12.2 Å². The molecule has 0 heterocycles. The summed E-state index contributed by atoms with van der Waals surface area (Å²) >= 11 is 0. The maximum Gasteiger partial charge on any atom is 0.220 e. The second-order valence-corrected chi connectivity index (χ2v) is 7.21. The topological polar surface area (TPSA) is 126 Å². The first-order valence-electron chi connectivity index (χ1n) is 10.8. The molecule has 0 aliphatic carbocycles. The zero-order chi connectivity index (χ0) is 22.6. The van der Waals surface area contributed by atoms with Crippen LogP contribution in [0, 0.1) is 5.92 Å². The lowest BCUT2D eigenvalue weighted by atomic mass is 9.97. The molecule has 0 saturated carbocycles. The lowest BCUT2D eigenvalue weighted by Crippen LogP contribution is -2.40. The molecule has 3 N–H and O–H groups in total. The summed E-state index contributed by atoms with van der Waals surface area (Å²) in [6, 6.07) is -0.748. The molecule has 0 aliphatic rings. The van der Waals surface area contributed by atoms with Crippen LogP contribution in [0.4, 0.5) is 0 Å². The Bertz CT molecular complexity index is 472. The lowest BCUT2D eigenvalue weighted by Gasteiger charge is -2.13. The zero-order valence-electron chi connectivity index (χ0n) is 18.8. The summed E-state index contributed by atoms with van der Waals surface area (Å²) in [4.78, 5) is 34.8. The zero-order valence-corrected chi connectivity index (χ0v) is 18.8. The Morgan fingerprint density at radius 3 is 1.80 bits per heavy atom. The van der Waals surface area contributed by atoms with Crippen LogP contribution in [0.3, 0.4) is 0 Å². The van der Waals surface area contributed by atoms with Crippen LogP contribution in [0.1, 0.15) is 46.5 Å².